The van der Waals surface area contributed by atoms with Gasteiger partial charge in [-0.05, 0) is 55.2 Å². The molecule has 0 radical (unpaired) electrons. The summed E-state index contributed by atoms with van der Waals surface area (Å²) in [6, 6.07) is 4.59. The summed E-state index contributed by atoms with van der Waals surface area (Å²) in [6.45, 7) is -0.166. The summed E-state index contributed by atoms with van der Waals surface area (Å²) < 4.78 is 38.9. The van der Waals surface area contributed by atoms with Crippen LogP contribution in [0, 0.1) is 11.3 Å². The first-order valence-corrected chi connectivity index (χ1v) is 11.9. The number of sulfonamides is 1. The van der Waals surface area contributed by atoms with Gasteiger partial charge in [-0.2, -0.15) is 0 Å². The standard InChI is InChI=1S/C19H25Cl2FN2O3S/c20-14-4-5-16(17(21)8-14)18(25)23-12-19(9-13-2-3-13)10-15(11-19)24-28(26,27)7-1-6-22/h4-5,8,13,15,24H,1-3,6-7,9-12H2,(H,23,25)/t15-,19+. The Morgan fingerprint density at radius 1 is 1.25 bits per heavy atom. The second kappa shape index (κ2) is 8.86. The van der Waals surface area contributed by atoms with Gasteiger partial charge in [0.15, 0.2) is 0 Å². The predicted molar refractivity (Wildman–Crippen MR) is 109 cm³/mol. The fourth-order valence-corrected chi connectivity index (χ4v) is 5.76. The number of hydrogen-bond acceptors (Lipinski definition) is 3. The molecule has 5 nitrogen and oxygen atoms in total. The van der Waals surface area contributed by atoms with Crippen molar-refractivity contribution in [2.45, 2.75) is 44.6 Å². The van der Waals surface area contributed by atoms with Gasteiger partial charge in [0.25, 0.3) is 5.91 Å². The van der Waals surface area contributed by atoms with E-state index in [1.54, 1.807) is 12.1 Å². The fraction of sp³-hybridized carbons (Fsp3) is 0.632. The molecular formula is C19H25Cl2FN2O3S. The minimum Gasteiger partial charge on any atom is -0.351 e. The molecule has 0 unspecified atom stereocenters. The van der Waals surface area contributed by atoms with Gasteiger partial charge < -0.3 is 5.32 Å². The average molecular weight is 451 g/mol. The van der Waals surface area contributed by atoms with Gasteiger partial charge in [-0.25, -0.2) is 13.1 Å². The molecule has 0 spiro atoms. The first-order chi connectivity index (χ1) is 13.2. The highest BCUT2D eigenvalue weighted by Crippen LogP contribution is 2.51. The van der Waals surface area contributed by atoms with Crippen molar-refractivity contribution in [2.75, 3.05) is 19.0 Å². The number of halogens is 3. The third-order valence-corrected chi connectivity index (χ3v) is 7.54. The summed E-state index contributed by atoms with van der Waals surface area (Å²) in [5.41, 5.74) is 0.263. The minimum absolute atomic E-state index is 0.00712. The highest BCUT2D eigenvalue weighted by molar-refractivity contribution is 7.89. The lowest BCUT2D eigenvalue weighted by Gasteiger charge is -2.48. The van der Waals surface area contributed by atoms with Gasteiger partial charge in [-0.3, -0.25) is 9.18 Å². The number of carbonyl (C=O) groups is 1. The SMILES string of the molecule is O=C(NC[C@]1(CC2CC2)C[C@H](NS(=O)(=O)CCCF)C1)c1ccc(Cl)cc1Cl. The average Bonchev–Trinajstić information content (AvgIpc) is 3.40. The van der Waals surface area contributed by atoms with Crippen LogP contribution in [-0.4, -0.2) is 39.3 Å². The van der Waals surface area contributed by atoms with Crippen molar-refractivity contribution in [3.63, 3.8) is 0 Å². The normalized spacial score (nSPS) is 24.6. The van der Waals surface area contributed by atoms with E-state index >= 15 is 0 Å². The number of rotatable bonds is 10. The molecule has 0 saturated heterocycles. The molecule has 2 aliphatic carbocycles. The van der Waals surface area contributed by atoms with Crippen LogP contribution in [0.5, 0.6) is 0 Å². The molecule has 1 amide bonds. The van der Waals surface area contributed by atoms with Gasteiger partial charge in [-0.1, -0.05) is 36.0 Å². The van der Waals surface area contributed by atoms with Crippen LogP contribution >= 0.6 is 23.2 Å². The molecule has 1 aromatic carbocycles. The lowest BCUT2D eigenvalue weighted by Crippen LogP contribution is -2.55. The number of carbonyl (C=O) groups excluding carboxylic acids is 1. The maximum atomic E-state index is 12.5. The fourth-order valence-electron chi connectivity index (χ4n) is 3.98. The highest BCUT2D eigenvalue weighted by atomic mass is 35.5. The van der Waals surface area contributed by atoms with Gasteiger partial charge in [0.1, 0.15) is 0 Å². The molecule has 0 atom stereocenters. The van der Waals surface area contributed by atoms with E-state index in [0.29, 0.717) is 40.9 Å². The lowest BCUT2D eigenvalue weighted by atomic mass is 9.63. The van der Waals surface area contributed by atoms with Crippen molar-refractivity contribution in [3.8, 4) is 0 Å². The molecule has 2 saturated carbocycles. The molecule has 0 aliphatic heterocycles. The predicted octanol–water partition coefficient (Wildman–Crippen LogP) is 3.95. The lowest BCUT2D eigenvalue weighted by molar-refractivity contribution is 0.0661. The Kier molecular flexibility index (Phi) is 6.90. The molecule has 28 heavy (non-hydrogen) atoms. The van der Waals surface area contributed by atoms with E-state index in [1.807, 2.05) is 0 Å². The largest absolute Gasteiger partial charge is 0.351 e. The second-order valence-electron chi connectivity index (χ2n) is 8.04. The summed E-state index contributed by atoms with van der Waals surface area (Å²) >= 11 is 12.0. The van der Waals surface area contributed by atoms with E-state index < -0.39 is 16.7 Å². The summed E-state index contributed by atoms with van der Waals surface area (Å²) in [4.78, 5) is 12.5. The molecule has 3 rings (SSSR count). The Morgan fingerprint density at radius 2 is 1.96 bits per heavy atom. The van der Waals surface area contributed by atoms with Gasteiger partial charge in [0, 0.05) is 17.6 Å². The van der Waals surface area contributed by atoms with Crippen LogP contribution in [0.4, 0.5) is 4.39 Å². The molecule has 0 aromatic heterocycles. The summed E-state index contributed by atoms with van der Waals surface area (Å²) in [6.07, 6.45) is 4.70. The molecule has 2 aliphatic rings. The molecule has 156 valence electrons. The van der Waals surface area contributed by atoms with Crippen molar-refractivity contribution >= 4 is 39.1 Å². The van der Waals surface area contributed by atoms with Crippen LogP contribution in [0.15, 0.2) is 18.2 Å². The number of benzene rings is 1. The van der Waals surface area contributed by atoms with E-state index in [0.717, 1.165) is 6.42 Å². The first kappa shape index (κ1) is 21.8. The van der Waals surface area contributed by atoms with Crippen molar-refractivity contribution < 1.29 is 17.6 Å². The number of hydrogen-bond donors (Lipinski definition) is 2. The van der Waals surface area contributed by atoms with Crippen molar-refractivity contribution in [2.24, 2.45) is 11.3 Å². The molecule has 0 bridgehead atoms. The number of alkyl halides is 1. The van der Waals surface area contributed by atoms with E-state index in [2.05, 4.69) is 10.0 Å². The Hall–Kier alpha value is -0.890. The van der Waals surface area contributed by atoms with Crippen LogP contribution < -0.4 is 10.0 Å². The zero-order valence-electron chi connectivity index (χ0n) is 15.5. The molecule has 1 aromatic rings. The summed E-state index contributed by atoms with van der Waals surface area (Å²) in [7, 11) is -3.46. The molecule has 2 fully saturated rings. The number of amides is 1. The zero-order valence-corrected chi connectivity index (χ0v) is 17.8. The Labute approximate surface area is 175 Å². The second-order valence-corrected chi connectivity index (χ2v) is 10.8. The third-order valence-electron chi connectivity index (χ3n) is 5.47. The molecule has 2 N–H and O–H groups in total. The highest BCUT2D eigenvalue weighted by Gasteiger charge is 2.48. The van der Waals surface area contributed by atoms with E-state index in [9.17, 15) is 17.6 Å². The van der Waals surface area contributed by atoms with Crippen LogP contribution in [0.3, 0.4) is 0 Å². The topological polar surface area (TPSA) is 75.3 Å². The molecule has 0 heterocycles. The monoisotopic (exact) mass is 450 g/mol. The quantitative estimate of drug-likeness (QED) is 0.566. The zero-order chi connectivity index (χ0) is 20.4. The van der Waals surface area contributed by atoms with Crippen LogP contribution in [0.1, 0.15) is 48.9 Å². The third kappa shape index (κ3) is 5.81. The van der Waals surface area contributed by atoms with Crippen molar-refractivity contribution in [1.29, 1.82) is 0 Å². The van der Waals surface area contributed by atoms with Gasteiger partial charge in [0.2, 0.25) is 10.0 Å². The maximum absolute atomic E-state index is 12.5. The smallest absolute Gasteiger partial charge is 0.252 e. The van der Waals surface area contributed by atoms with E-state index in [-0.39, 0.29) is 29.5 Å². The molecular weight excluding hydrogens is 426 g/mol. The van der Waals surface area contributed by atoms with Crippen LogP contribution in [0.2, 0.25) is 10.0 Å². The maximum Gasteiger partial charge on any atom is 0.252 e. The Bertz CT molecular complexity index is 824. The summed E-state index contributed by atoms with van der Waals surface area (Å²) in [5.74, 6) is 0.200. The van der Waals surface area contributed by atoms with Crippen LogP contribution in [0.25, 0.3) is 0 Å². The minimum atomic E-state index is -3.46. The van der Waals surface area contributed by atoms with E-state index in [4.69, 9.17) is 23.2 Å². The van der Waals surface area contributed by atoms with Gasteiger partial charge >= 0.3 is 0 Å². The van der Waals surface area contributed by atoms with Gasteiger partial charge in [0.05, 0.1) is 23.0 Å². The van der Waals surface area contributed by atoms with Crippen molar-refractivity contribution in [3.05, 3.63) is 33.8 Å². The number of nitrogens with one attached hydrogen (secondary N) is 2. The Morgan fingerprint density at radius 3 is 2.57 bits per heavy atom. The molecule has 9 heteroatoms. The van der Waals surface area contributed by atoms with Gasteiger partial charge in [-0.15, -0.1) is 0 Å². The van der Waals surface area contributed by atoms with Crippen molar-refractivity contribution in [1.82, 2.24) is 10.0 Å². The van der Waals surface area contributed by atoms with E-state index in [1.165, 1.54) is 18.9 Å². The summed E-state index contributed by atoms with van der Waals surface area (Å²) in [5, 5.41) is 3.73. The Balaban J connectivity index is 1.57. The first-order valence-electron chi connectivity index (χ1n) is 9.51. The van der Waals surface area contributed by atoms with Crippen LogP contribution in [-0.2, 0) is 10.0 Å².